The first-order valence-electron chi connectivity index (χ1n) is 11.3. The molecule has 0 saturated carbocycles. The first-order valence-corrected chi connectivity index (χ1v) is 11.3. The summed E-state index contributed by atoms with van der Waals surface area (Å²) in [4.78, 5) is 16.8. The SMILES string of the molecule is Nc1ccc(-c2cccnc2)cc1NC(=O)CCc1cn(-c2ccccc2-c2ccccc2)nn1. The molecular formula is C28H24N6O. The van der Waals surface area contributed by atoms with Gasteiger partial charge in [-0.3, -0.25) is 9.78 Å². The molecule has 5 rings (SSSR count). The van der Waals surface area contributed by atoms with Crippen LogP contribution in [0.1, 0.15) is 12.1 Å². The molecule has 0 fully saturated rings. The Bertz CT molecular complexity index is 1450. The van der Waals surface area contributed by atoms with Crippen molar-refractivity contribution in [1.29, 1.82) is 0 Å². The predicted octanol–water partition coefficient (Wildman–Crippen LogP) is 5.15. The van der Waals surface area contributed by atoms with E-state index in [0.717, 1.165) is 33.6 Å². The van der Waals surface area contributed by atoms with Crippen molar-refractivity contribution >= 4 is 17.3 Å². The number of carbonyl (C=O) groups excluding carboxylic acids is 1. The summed E-state index contributed by atoms with van der Waals surface area (Å²) < 4.78 is 1.75. The summed E-state index contributed by atoms with van der Waals surface area (Å²) in [5.41, 5.74) is 12.9. The first-order chi connectivity index (χ1) is 17.2. The maximum Gasteiger partial charge on any atom is 0.224 e. The van der Waals surface area contributed by atoms with Crippen LogP contribution in [0, 0.1) is 0 Å². The molecule has 0 spiro atoms. The molecule has 0 atom stereocenters. The van der Waals surface area contributed by atoms with E-state index in [1.807, 2.05) is 66.9 Å². The molecule has 3 aromatic carbocycles. The van der Waals surface area contributed by atoms with Crippen LogP contribution < -0.4 is 11.1 Å². The van der Waals surface area contributed by atoms with Gasteiger partial charge in [-0.2, -0.15) is 0 Å². The van der Waals surface area contributed by atoms with Gasteiger partial charge in [0.05, 0.1) is 29.0 Å². The van der Waals surface area contributed by atoms with Crippen LogP contribution in [0.5, 0.6) is 0 Å². The smallest absolute Gasteiger partial charge is 0.224 e. The molecular weight excluding hydrogens is 436 g/mol. The standard InChI is InChI=1S/C28H24N6O/c29-25-14-12-21(22-9-6-16-30-18-22)17-26(25)31-28(35)15-13-23-19-34(33-32-23)27-11-5-4-10-24(27)20-7-2-1-3-8-20/h1-12,14,16-19H,13,15,29H2,(H,31,35). The van der Waals surface area contributed by atoms with Crippen LogP contribution in [0.3, 0.4) is 0 Å². The van der Waals surface area contributed by atoms with Gasteiger partial charge in [0, 0.05) is 36.4 Å². The van der Waals surface area contributed by atoms with Gasteiger partial charge in [-0.05, 0) is 35.4 Å². The number of nitrogens with one attached hydrogen (secondary N) is 1. The molecule has 2 aromatic heterocycles. The van der Waals surface area contributed by atoms with Crippen molar-refractivity contribution in [2.75, 3.05) is 11.1 Å². The third-order valence-corrected chi connectivity index (χ3v) is 5.71. The monoisotopic (exact) mass is 460 g/mol. The van der Waals surface area contributed by atoms with E-state index >= 15 is 0 Å². The number of aromatic nitrogens is 4. The van der Waals surface area contributed by atoms with Gasteiger partial charge in [0.15, 0.2) is 0 Å². The van der Waals surface area contributed by atoms with Gasteiger partial charge >= 0.3 is 0 Å². The fourth-order valence-electron chi connectivity index (χ4n) is 3.90. The van der Waals surface area contributed by atoms with E-state index in [4.69, 9.17) is 5.73 Å². The van der Waals surface area contributed by atoms with Crippen LogP contribution in [0.25, 0.3) is 27.9 Å². The van der Waals surface area contributed by atoms with E-state index in [9.17, 15) is 4.79 Å². The molecule has 7 heteroatoms. The number of para-hydroxylation sites is 1. The molecule has 0 aliphatic rings. The van der Waals surface area contributed by atoms with Gasteiger partial charge in [-0.15, -0.1) is 5.10 Å². The van der Waals surface area contributed by atoms with Crippen molar-refractivity contribution in [2.24, 2.45) is 0 Å². The zero-order chi connectivity index (χ0) is 24.0. The molecule has 0 unspecified atom stereocenters. The number of pyridine rings is 1. The maximum absolute atomic E-state index is 12.7. The van der Waals surface area contributed by atoms with Gasteiger partial charge in [0.1, 0.15) is 0 Å². The highest BCUT2D eigenvalue weighted by Crippen LogP contribution is 2.28. The summed E-state index contributed by atoms with van der Waals surface area (Å²) in [6.07, 6.45) is 6.08. The Labute approximate surface area is 203 Å². The van der Waals surface area contributed by atoms with Crippen LogP contribution in [0.2, 0.25) is 0 Å². The topological polar surface area (TPSA) is 98.7 Å². The number of nitrogen functional groups attached to an aromatic ring is 1. The minimum atomic E-state index is -0.140. The van der Waals surface area contributed by atoms with Crippen LogP contribution in [-0.2, 0) is 11.2 Å². The number of rotatable bonds is 7. The lowest BCUT2D eigenvalue weighted by atomic mass is 10.0. The van der Waals surface area contributed by atoms with Gasteiger partial charge in [0.25, 0.3) is 0 Å². The van der Waals surface area contributed by atoms with E-state index < -0.39 is 0 Å². The van der Waals surface area contributed by atoms with E-state index in [2.05, 4.69) is 38.8 Å². The first kappa shape index (κ1) is 22.0. The van der Waals surface area contributed by atoms with E-state index in [1.165, 1.54) is 0 Å². The van der Waals surface area contributed by atoms with Crippen molar-refractivity contribution in [3.8, 4) is 27.9 Å². The second-order valence-corrected chi connectivity index (χ2v) is 8.13. The highest BCUT2D eigenvalue weighted by molar-refractivity contribution is 5.95. The van der Waals surface area contributed by atoms with Gasteiger partial charge in [0.2, 0.25) is 5.91 Å². The van der Waals surface area contributed by atoms with Crippen molar-refractivity contribution in [3.05, 3.63) is 109 Å². The van der Waals surface area contributed by atoms with Gasteiger partial charge in [-0.25, -0.2) is 4.68 Å². The van der Waals surface area contributed by atoms with E-state index in [0.29, 0.717) is 17.8 Å². The summed E-state index contributed by atoms with van der Waals surface area (Å²) >= 11 is 0. The molecule has 3 N–H and O–H groups in total. The molecule has 0 bridgehead atoms. The van der Waals surface area contributed by atoms with Crippen molar-refractivity contribution in [1.82, 2.24) is 20.0 Å². The lowest BCUT2D eigenvalue weighted by molar-refractivity contribution is -0.116. The lowest BCUT2D eigenvalue weighted by Crippen LogP contribution is -2.13. The Balaban J connectivity index is 1.26. The van der Waals surface area contributed by atoms with Crippen molar-refractivity contribution < 1.29 is 4.79 Å². The van der Waals surface area contributed by atoms with Crippen molar-refractivity contribution in [3.63, 3.8) is 0 Å². The summed E-state index contributed by atoms with van der Waals surface area (Å²) in [6.45, 7) is 0. The molecule has 0 aliphatic carbocycles. The lowest BCUT2D eigenvalue weighted by Gasteiger charge is -2.10. The fraction of sp³-hybridized carbons (Fsp3) is 0.0714. The summed E-state index contributed by atoms with van der Waals surface area (Å²) in [6, 6.07) is 27.6. The number of anilines is 2. The summed E-state index contributed by atoms with van der Waals surface area (Å²) in [5, 5.41) is 11.5. The van der Waals surface area contributed by atoms with Crippen LogP contribution in [-0.4, -0.2) is 25.9 Å². The number of carbonyl (C=O) groups is 1. The average Bonchev–Trinajstić information content (AvgIpc) is 3.39. The second kappa shape index (κ2) is 10.0. The summed E-state index contributed by atoms with van der Waals surface area (Å²) in [7, 11) is 0. The molecule has 2 heterocycles. The van der Waals surface area contributed by atoms with Gasteiger partial charge < -0.3 is 11.1 Å². The van der Waals surface area contributed by atoms with Crippen LogP contribution >= 0.6 is 0 Å². The predicted molar refractivity (Wildman–Crippen MR) is 138 cm³/mol. The number of hydrogen-bond acceptors (Lipinski definition) is 5. The number of hydrogen-bond donors (Lipinski definition) is 2. The number of benzene rings is 3. The molecule has 172 valence electrons. The Morgan fingerprint density at radius 1 is 0.886 bits per heavy atom. The van der Waals surface area contributed by atoms with E-state index in [1.54, 1.807) is 23.1 Å². The van der Waals surface area contributed by atoms with Crippen LogP contribution in [0.15, 0.2) is 104 Å². The molecule has 1 amide bonds. The molecule has 0 radical (unpaired) electrons. The molecule has 0 saturated heterocycles. The number of nitrogens with two attached hydrogens (primary N) is 1. The van der Waals surface area contributed by atoms with Crippen LogP contribution in [0.4, 0.5) is 11.4 Å². The Kier molecular flexibility index (Phi) is 6.30. The number of nitrogens with zero attached hydrogens (tertiary/aromatic N) is 4. The quantitative estimate of drug-likeness (QED) is 0.327. The van der Waals surface area contributed by atoms with Gasteiger partial charge in [-0.1, -0.05) is 65.9 Å². The molecule has 35 heavy (non-hydrogen) atoms. The third-order valence-electron chi connectivity index (χ3n) is 5.71. The zero-order valence-electron chi connectivity index (χ0n) is 19.0. The summed E-state index contributed by atoms with van der Waals surface area (Å²) in [5.74, 6) is -0.140. The number of amides is 1. The molecule has 5 aromatic rings. The normalized spacial score (nSPS) is 10.7. The Hall–Kier alpha value is -4.78. The minimum Gasteiger partial charge on any atom is -0.397 e. The second-order valence-electron chi connectivity index (χ2n) is 8.13. The molecule has 7 nitrogen and oxygen atoms in total. The van der Waals surface area contributed by atoms with E-state index in [-0.39, 0.29) is 12.3 Å². The molecule has 0 aliphatic heterocycles. The zero-order valence-corrected chi connectivity index (χ0v) is 19.0. The highest BCUT2D eigenvalue weighted by Gasteiger charge is 2.12. The Morgan fingerprint density at radius 2 is 1.69 bits per heavy atom. The minimum absolute atomic E-state index is 0.140. The highest BCUT2D eigenvalue weighted by atomic mass is 16.1. The fourth-order valence-corrected chi connectivity index (χ4v) is 3.90. The average molecular weight is 461 g/mol. The Morgan fingerprint density at radius 3 is 2.51 bits per heavy atom. The largest absolute Gasteiger partial charge is 0.397 e. The number of aryl methyl sites for hydroxylation is 1. The maximum atomic E-state index is 12.7. The van der Waals surface area contributed by atoms with Crippen molar-refractivity contribution in [2.45, 2.75) is 12.8 Å². The third kappa shape index (κ3) is 5.09.